The molecule has 2 rings (SSSR count). The van der Waals surface area contributed by atoms with Crippen LogP contribution in [0.15, 0.2) is 52.6 Å². The molecule has 0 unspecified atom stereocenters. The number of nitrogens with one attached hydrogen (secondary N) is 3. The van der Waals surface area contributed by atoms with E-state index in [1.165, 1.54) is 6.08 Å². The first-order valence-electron chi connectivity index (χ1n) is 8.44. The number of aryl methyl sites for hydroxylation is 2. The van der Waals surface area contributed by atoms with Crippen LogP contribution in [0.4, 0.5) is 5.69 Å². The van der Waals surface area contributed by atoms with Gasteiger partial charge in [-0.2, -0.15) is 0 Å². The van der Waals surface area contributed by atoms with Gasteiger partial charge in [-0.3, -0.25) is 15.0 Å². The predicted octanol–water partition coefficient (Wildman–Crippen LogP) is 4.26. The van der Waals surface area contributed by atoms with Crippen LogP contribution in [0, 0.1) is 13.8 Å². The molecular weight excluding hydrogens is 446 g/mol. The number of rotatable bonds is 7. The quantitative estimate of drug-likeness (QED) is 0.421. The molecule has 0 fully saturated rings. The Labute approximate surface area is 177 Å². The molecule has 2 aromatic carbocycles. The van der Waals surface area contributed by atoms with E-state index in [-0.39, 0.29) is 18.4 Å². The number of hydrogen-bond acceptors (Lipinski definition) is 4. The number of benzene rings is 2. The first-order valence-corrected chi connectivity index (χ1v) is 9.61. The number of anilines is 1. The summed E-state index contributed by atoms with van der Waals surface area (Å²) in [5.74, 6) is -0.0885. The van der Waals surface area contributed by atoms with Gasteiger partial charge in [-0.05, 0) is 62.2 Å². The number of halogens is 2. The summed E-state index contributed by atoms with van der Waals surface area (Å²) in [5.41, 5.74) is 8.05. The summed E-state index contributed by atoms with van der Waals surface area (Å²) in [6.45, 7) is 5.26. The first-order chi connectivity index (χ1) is 13.2. The smallest absolute Gasteiger partial charge is 0.276 e. The van der Waals surface area contributed by atoms with Gasteiger partial charge < -0.3 is 15.5 Å². The summed E-state index contributed by atoms with van der Waals surface area (Å²) in [6, 6.07) is 10.8. The number of hydrogen-bond donors (Lipinski definition) is 3. The highest BCUT2D eigenvalue weighted by molar-refractivity contribution is 9.10. The minimum atomic E-state index is -0.374. The molecule has 0 saturated heterocycles. The van der Waals surface area contributed by atoms with Crippen LogP contribution in [0.2, 0.25) is 5.02 Å². The lowest BCUT2D eigenvalue weighted by Crippen LogP contribution is -2.39. The van der Waals surface area contributed by atoms with Gasteiger partial charge in [0.15, 0.2) is 6.61 Å². The van der Waals surface area contributed by atoms with Crippen molar-refractivity contribution in [1.82, 2.24) is 10.9 Å². The van der Waals surface area contributed by atoms with E-state index < -0.39 is 0 Å². The van der Waals surface area contributed by atoms with Crippen LogP contribution in [-0.2, 0) is 9.59 Å². The number of carbonyl (C=O) groups excluding carboxylic acids is 2. The molecule has 0 aliphatic carbocycles. The molecular formula is C20H21BrClN3O3. The molecule has 148 valence electrons. The molecule has 0 aliphatic heterocycles. The molecule has 28 heavy (non-hydrogen) atoms. The highest BCUT2D eigenvalue weighted by Gasteiger charge is 2.07. The average Bonchev–Trinajstić information content (AvgIpc) is 2.62. The van der Waals surface area contributed by atoms with Gasteiger partial charge in [0.05, 0.1) is 0 Å². The monoisotopic (exact) mass is 465 g/mol. The summed E-state index contributed by atoms with van der Waals surface area (Å²) in [4.78, 5) is 24.0. The van der Waals surface area contributed by atoms with Crippen molar-refractivity contribution < 1.29 is 14.3 Å². The van der Waals surface area contributed by atoms with Crippen LogP contribution in [0.3, 0.4) is 0 Å². The maximum absolute atomic E-state index is 12.1. The largest absolute Gasteiger partial charge is 0.483 e. The van der Waals surface area contributed by atoms with Crippen molar-refractivity contribution in [3.05, 3.63) is 68.8 Å². The van der Waals surface area contributed by atoms with Crippen LogP contribution >= 0.6 is 27.5 Å². The molecule has 0 aromatic heterocycles. The van der Waals surface area contributed by atoms with Gasteiger partial charge in [0.1, 0.15) is 5.75 Å². The van der Waals surface area contributed by atoms with Crippen LogP contribution in [0.25, 0.3) is 0 Å². The van der Waals surface area contributed by atoms with Crippen LogP contribution in [-0.4, -0.2) is 18.4 Å². The lowest BCUT2D eigenvalue weighted by Gasteiger charge is -2.12. The Kier molecular flexibility index (Phi) is 7.90. The number of hydrazine groups is 1. The highest BCUT2D eigenvalue weighted by atomic mass is 79.9. The standard InChI is InChI=1S/C20H21BrClN3O3/c1-12-4-6-16(22)10-17(12)23-19(26)9-14(3)24-25-20(27)11-28-18-7-5-15(21)8-13(18)2/h4-10,24H,11H2,1-3H3,(H,23,26)(H,25,27). The van der Waals surface area contributed by atoms with Crippen molar-refractivity contribution in [1.29, 1.82) is 0 Å². The molecule has 0 bridgehead atoms. The van der Waals surface area contributed by atoms with Gasteiger partial charge in [0.25, 0.3) is 5.91 Å². The molecule has 0 aliphatic rings. The molecule has 0 atom stereocenters. The lowest BCUT2D eigenvalue weighted by molar-refractivity contribution is -0.124. The Bertz CT molecular complexity index is 916. The maximum Gasteiger partial charge on any atom is 0.276 e. The van der Waals surface area contributed by atoms with Crippen LogP contribution in [0.1, 0.15) is 18.1 Å². The first kappa shape index (κ1) is 21.8. The lowest BCUT2D eigenvalue weighted by atomic mass is 10.2. The van der Waals surface area contributed by atoms with E-state index in [0.29, 0.717) is 22.2 Å². The molecule has 0 radical (unpaired) electrons. The van der Waals surface area contributed by atoms with Crippen molar-refractivity contribution in [2.75, 3.05) is 11.9 Å². The average molecular weight is 467 g/mol. The minimum Gasteiger partial charge on any atom is -0.483 e. The van der Waals surface area contributed by atoms with E-state index in [4.69, 9.17) is 16.3 Å². The Balaban J connectivity index is 1.81. The summed E-state index contributed by atoms with van der Waals surface area (Å²) in [6.07, 6.45) is 1.33. The minimum absolute atomic E-state index is 0.156. The second-order valence-corrected chi connectivity index (χ2v) is 7.50. The van der Waals surface area contributed by atoms with Crippen molar-refractivity contribution in [2.45, 2.75) is 20.8 Å². The van der Waals surface area contributed by atoms with Gasteiger partial charge >= 0.3 is 0 Å². The number of ether oxygens (including phenoxy) is 1. The predicted molar refractivity (Wildman–Crippen MR) is 114 cm³/mol. The fraction of sp³-hybridized carbons (Fsp3) is 0.200. The second kappa shape index (κ2) is 10.1. The van der Waals surface area contributed by atoms with Crippen LogP contribution in [0.5, 0.6) is 5.75 Å². The van der Waals surface area contributed by atoms with Crippen molar-refractivity contribution in [2.24, 2.45) is 0 Å². The Morgan fingerprint density at radius 2 is 1.86 bits per heavy atom. The van der Waals surface area contributed by atoms with Gasteiger partial charge in [-0.1, -0.05) is 33.6 Å². The zero-order chi connectivity index (χ0) is 20.7. The summed E-state index contributed by atoms with van der Waals surface area (Å²) >= 11 is 9.32. The van der Waals surface area contributed by atoms with Crippen LogP contribution < -0.4 is 20.9 Å². The van der Waals surface area contributed by atoms with E-state index in [0.717, 1.165) is 15.6 Å². The second-order valence-electron chi connectivity index (χ2n) is 6.15. The van der Waals surface area contributed by atoms with E-state index in [9.17, 15) is 9.59 Å². The van der Waals surface area contributed by atoms with E-state index in [1.807, 2.05) is 32.0 Å². The van der Waals surface area contributed by atoms with Gasteiger partial charge in [-0.25, -0.2) is 0 Å². The summed E-state index contributed by atoms with van der Waals surface area (Å²) in [5, 5.41) is 3.28. The molecule has 0 heterocycles. The molecule has 2 amide bonds. The Morgan fingerprint density at radius 1 is 1.11 bits per heavy atom. The third kappa shape index (κ3) is 6.90. The number of allylic oxidation sites excluding steroid dienone is 1. The normalized spacial score (nSPS) is 11.0. The molecule has 8 heteroatoms. The summed E-state index contributed by atoms with van der Waals surface area (Å²) in [7, 11) is 0. The van der Waals surface area contributed by atoms with E-state index in [1.54, 1.807) is 25.1 Å². The fourth-order valence-electron chi connectivity index (χ4n) is 2.25. The van der Waals surface area contributed by atoms with Crippen molar-refractivity contribution in [3.63, 3.8) is 0 Å². The fourth-order valence-corrected chi connectivity index (χ4v) is 2.90. The van der Waals surface area contributed by atoms with Gasteiger partial charge in [-0.15, -0.1) is 0 Å². The third-order valence-corrected chi connectivity index (χ3v) is 4.43. The SMILES string of the molecule is CC(=CC(=O)Nc1cc(Cl)ccc1C)NNC(=O)COc1ccc(Br)cc1C. The zero-order valence-corrected chi connectivity index (χ0v) is 18.1. The maximum atomic E-state index is 12.1. The van der Waals surface area contributed by atoms with Gasteiger partial charge in [0.2, 0.25) is 5.91 Å². The van der Waals surface area contributed by atoms with Crippen molar-refractivity contribution >= 4 is 45.0 Å². The Morgan fingerprint density at radius 3 is 2.57 bits per heavy atom. The molecule has 2 aromatic rings. The molecule has 3 N–H and O–H groups in total. The summed E-state index contributed by atoms with van der Waals surface area (Å²) < 4.78 is 6.43. The van der Waals surface area contributed by atoms with Gasteiger partial charge in [0, 0.05) is 27.0 Å². The van der Waals surface area contributed by atoms with E-state index >= 15 is 0 Å². The zero-order valence-electron chi connectivity index (χ0n) is 15.7. The highest BCUT2D eigenvalue weighted by Crippen LogP contribution is 2.22. The van der Waals surface area contributed by atoms with Crippen molar-refractivity contribution in [3.8, 4) is 5.75 Å². The Hall–Kier alpha value is -2.51. The molecule has 0 spiro atoms. The molecule has 0 saturated carbocycles. The molecule has 6 nitrogen and oxygen atoms in total. The third-order valence-electron chi connectivity index (χ3n) is 3.70. The van der Waals surface area contributed by atoms with E-state index in [2.05, 4.69) is 32.1 Å². The number of amides is 2. The number of carbonyl (C=O) groups is 2. The topological polar surface area (TPSA) is 79.5 Å².